The summed E-state index contributed by atoms with van der Waals surface area (Å²) in [6.07, 6.45) is 0. The quantitative estimate of drug-likeness (QED) is 0.516. The minimum absolute atomic E-state index is 0.0803. The van der Waals surface area contributed by atoms with Gasteiger partial charge in [-0.3, -0.25) is 4.57 Å². The predicted octanol–water partition coefficient (Wildman–Crippen LogP) is 4.61. The number of benzene rings is 1. The van der Waals surface area contributed by atoms with Crippen LogP contribution >= 0.6 is 39.5 Å². The fraction of sp³-hybridized carbons (Fsp3) is 0.455. The van der Waals surface area contributed by atoms with Gasteiger partial charge in [0.05, 0.1) is 3.74 Å². The van der Waals surface area contributed by atoms with Crippen molar-refractivity contribution in [2.45, 2.75) is 9.58 Å². The molecule has 0 aliphatic carbocycles. The van der Waals surface area contributed by atoms with Crippen LogP contribution in [-0.4, -0.2) is 21.3 Å². The molecule has 1 atom stereocenters. The normalized spacial score (nSPS) is 13.9. The first-order valence-electron chi connectivity index (χ1n) is 5.10. The molecule has 0 spiro atoms. The molecular formula is C11H15Br2O4P. The number of alkyl halides is 2. The van der Waals surface area contributed by atoms with Crippen molar-refractivity contribution in [2.24, 2.45) is 0 Å². The van der Waals surface area contributed by atoms with E-state index < -0.39 is 13.4 Å². The zero-order valence-electron chi connectivity index (χ0n) is 10.3. The highest BCUT2D eigenvalue weighted by molar-refractivity contribution is 9.24. The van der Waals surface area contributed by atoms with E-state index in [2.05, 4.69) is 31.9 Å². The topological polar surface area (TPSA) is 44.8 Å². The summed E-state index contributed by atoms with van der Waals surface area (Å²) >= 11 is 6.82. The van der Waals surface area contributed by atoms with Gasteiger partial charge in [0.2, 0.25) is 0 Å². The van der Waals surface area contributed by atoms with Crippen LogP contribution in [0.4, 0.5) is 0 Å². The molecule has 7 heteroatoms. The second-order valence-electron chi connectivity index (χ2n) is 3.46. The molecule has 0 N–H and O–H groups in total. The molecule has 1 aromatic carbocycles. The highest BCUT2D eigenvalue weighted by atomic mass is 79.9. The molecule has 0 aliphatic rings. The summed E-state index contributed by atoms with van der Waals surface area (Å²) in [6, 6.07) is 7.49. The zero-order chi connectivity index (χ0) is 13.8. The highest BCUT2D eigenvalue weighted by Crippen LogP contribution is 2.60. The Morgan fingerprint density at radius 1 is 1.00 bits per heavy atom. The van der Waals surface area contributed by atoms with Gasteiger partial charge in [0.1, 0.15) is 0 Å². The second kappa shape index (κ2) is 7.17. The van der Waals surface area contributed by atoms with Crippen LogP contribution in [0, 0.1) is 0 Å². The van der Waals surface area contributed by atoms with E-state index in [1.165, 1.54) is 21.3 Å². The number of hydrogen-bond acceptors (Lipinski definition) is 4. The summed E-state index contributed by atoms with van der Waals surface area (Å²) < 4.78 is 27.6. The van der Waals surface area contributed by atoms with Crippen LogP contribution in [0.1, 0.15) is 20.7 Å². The molecule has 0 amide bonds. The summed E-state index contributed by atoms with van der Waals surface area (Å²) in [5.74, 6) is -0.731. The molecule has 0 saturated carbocycles. The number of methoxy groups -OCH3 is 1. The lowest BCUT2D eigenvalue weighted by Gasteiger charge is -2.23. The molecule has 1 rings (SSSR count). The molecule has 0 heterocycles. The lowest BCUT2D eigenvalue weighted by molar-refractivity contribution is 0.123. The van der Waals surface area contributed by atoms with Crippen LogP contribution in [0.25, 0.3) is 0 Å². The fourth-order valence-electron chi connectivity index (χ4n) is 1.52. The largest absolute Gasteiger partial charge is 0.364 e. The molecule has 0 fully saturated rings. The minimum atomic E-state index is -3.30. The van der Waals surface area contributed by atoms with E-state index >= 15 is 0 Å². The maximum absolute atomic E-state index is 12.3. The third-order valence-electron chi connectivity index (χ3n) is 2.49. The van der Waals surface area contributed by atoms with Crippen molar-refractivity contribution in [3.8, 4) is 0 Å². The van der Waals surface area contributed by atoms with E-state index in [1.807, 2.05) is 24.3 Å². The Morgan fingerprint density at radius 3 is 1.78 bits per heavy atom. The van der Waals surface area contributed by atoms with Crippen LogP contribution in [0.15, 0.2) is 24.3 Å². The average molecular weight is 402 g/mol. The standard InChI is InChI=1S/C11H15Br2O4P/c1-15-11(18(14,16-2)17-3)9-6-4-8(5-7-9)10(12)13/h4-7,10-11H,1-3H3. The lowest BCUT2D eigenvalue weighted by atomic mass is 10.2. The fourth-order valence-corrected chi connectivity index (χ4v) is 3.46. The van der Waals surface area contributed by atoms with Gasteiger partial charge in [-0.15, -0.1) is 0 Å². The summed E-state index contributed by atoms with van der Waals surface area (Å²) in [4.78, 5) is 0. The molecule has 1 aromatic rings. The summed E-state index contributed by atoms with van der Waals surface area (Å²) in [5.41, 5.74) is 1.80. The lowest BCUT2D eigenvalue weighted by Crippen LogP contribution is -2.06. The van der Waals surface area contributed by atoms with Gasteiger partial charge in [0.15, 0.2) is 5.85 Å². The van der Waals surface area contributed by atoms with Crippen LogP contribution < -0.4 is 0 Å². The second-order valence-corrected chi connectivity index (χ2v) is 8.80. The number of rotatable bonds is 6. The smallest absolute Gasteiger partial charge is 0.363 e. The molecule has 0 aliphatic heterocycles. The molecule has 4 nitrogen and oxygen atoms in total. The van der Waals surface area contributed by atoms with E-state index in [-0.39, 0.29) is 3.74 Å². The monoisotopic (exact) mass is 400 g/mol. The summed E-state index contributed by atoms with van der Waals surface area (Å²) in [5, 5.41) is 0. The number of ether oxygens (including phenoxy) is 1. The van der Waals surface area contributed by atoms with Gasteiger partial charge >= 0.3 is 7.60 Å². The summed E-state index contributed by atoms with van der Waals surface area (Å²) in [7, 11) is 0.865. The van der Waals surface area contributed by atoms with Crippen molar-refractivity contribution in [3.63, 3.8) is 0 Å². The first kappa shape index (κ1) is 16.3. The van der Waals surface area contributed by atoms with Gasteiger partial charge in [0.25, 0.3) is 0 Å². The van der Waals surface area contributed by atoms with Crippen LogP contribution in [0.3, 0.4) is 0 Å². The molecule has 0 radical (unpaired) electrons. The maximum atomic E-state index is 12.3. The van der Waals surface area contributed by atoms with E-state index in [0.717, 1.165) is 11.1 Å². The Bertz CT molecular complexity index is 414. The zero-order valence-corrected chi connectivity index (χ0v) is 14.4. The molecule has 18 heavy (non-hydrogen) atoms. The van der Waals surface area contributed by atoms with Crippen molar-refractivity contribution in [2.75, 3.05) is 21.3 Å². The van der Waals surface area contributed by atoms with E-state index in [9.17, 15) is 4.57 Å². The minimum Gasteiger partial charge on any atom is -0.364 e. The average Bonchev–Trinajstić information content (AvgIpc) is 2.39. The summed E-state index contributed by atoms with van der Waals surface area (Å²) in [6.45, 7) is 0. The molecule has 0 saturated heterocycles. The van der Waals surface area contributed by atoms with Crippen molar-refractivity contribution in [3.05, 3.63) is 35.4 Å². The van der Waals surface area contributed by atoms with Gasteiger partial charge in [-0.2, -0.15) is 0 Å². The number of halogens is 2. The molecule has 0 bridgehead atoms. The van der Waals surface area contributed by atoms with Gasteiger partial charge in [0, 0.05) is 21.3 Å². The van der Waals surface area contributed by atoms with Crippen LogP contribution in [-0.2, 0) is 18.3 Å². The Labute approximate surface area is 124 Å². The first-order chi connectivity index (χ1) is 8.48. The highest BCUT2D eigenvalue weighted by Gasteiger charge is 2.35. The maximum Gasteiger partial charge on any atom is 0.363 e. The van der Waals surface area contributed by atoms with Gasteiger partial charge in [-0.05, 0) is 11.1 Å². The Kier molecular flexibility index (Phi) is 6.51. The van der Waals surface area contributed by atoms with Gasteiger partial charge < -0.3 is 13.8 Å². The van der Waals surface area contributed by atoms with E-state index in [0.29, 0.717) is 0 Å². The predicted molar refractivity (Wildman–Crippen MR) is 78.4 cm³/mol. The van der Waals surface area contributed by atoms with E-state index in [1.54, 1.807) is 0 Å². The van der Waals surface area contributed by atoms with E-state index in [4.69, 9.17) is 13.8 Å². The van der Waals surface area contributed by atoms with Crippen LogP contribution in [0.2, 0.25) is 0 Å². The third-order valence-corrected chi connectivity index (χ3v) is 5.65. The Hall–Kier alpha value is 0.290. The Morgan fingerprint density at radius 2 is 1.44 bits per heavy atom. The van der Waals surface area contributed by atoms with Gasteiger partial charge in [-0.1, -0.05) is 56.1 Å². The van der Waals surface area contributed by atoms with Crippen molar-refractivity contribution in [1.29, 1.82) is 0 Å². The Balaban J connectivity index is 3.06. The third kappa shape index (κ3) is 3.65. The van der Waals surface area contributed by atoms with Crippen molar-refractivity contribution >= 4 is 39.5 Å². The number of hydrogen-bond donors (Lipinski definition) is 0. The molecular weight excluding hydrogens is 387 g/mol. The molecule has 102 valence electrons. The van der Waals surface area contributed by atoms with Crippen LogP contribution in [0.5, 0.6) is 0 Å². The molecule has 1 unspecified atom stereocenters. The first-order valence-corrected chi connectivity index (χ1v) is 8.54. The SMILES string of the molecule is COC(c1ccc(C(Br)Br)cc1)P(=O)(OC)OC. The van der Waals surface area contributed by atoms with Crippen molar-refractivity contribution in [1.82, 2.24) is 0 Å². The van der Waals surface area contributed by atoms with Crippen molar-refractivity contribution < 1.29 is 18.3 Å². The molecule has 0 aromatic heterocycles. The van der Waals surface area contributed by atoms with Gasteiger partial charge in [-0.25, -0.2) is 0 Å².